The molecule has 1 atom stereocenters. The monoisotopic (exact) mass is 309 g/mol. The summed E-state index contributed by atoms with van der Waals surface area (Å²) in [6.07, 6.45) is -0.732. The molecule has 0 aliphatic heterocycles. The Labute approximate surface area is 128 Å². The number of nitrogens with one attached hydrogen (secondary N) is 1. The summed E-state index contributed by atoms with van der Waals surface area (Å²) in [4.78, 5) is 0. The molecule has 0 fully saturated rings. The van der Waals surface area contributed by atoms with Gasteiger partial charge in [-0.2, -0.15) is 0 Å². The molecule has 0 aliphatic rings. The quantitative estimate of drug-likeness (QED) is 0.856. The van der Waals surface area contributed by atoms with Gasteiger partial charge in [0, 0.05) is 17.8 Å². The van der Waals surface area contributed by atoms with Crippen molar-refractivity contribution in [3.63, 3.8) is 0 Å². The van der Waals surface area contributed by atoms with Crippen LogP contribution in [0.1, 0.15) is 5.56 Å². The zero-order valence-corrected chi connectivity index (χ0v) is 12.4. The van der Waals surface area contributed by atoms with Crippen LogP contribution in [-0.4, -0.2) is 24.4 Å². The lowest BCUT2D eigenvalue weighted by atomic mass is 10.2. The molecule has 0 aromatic heterocycles. The Morgan fingerprint density at radius 2 is 2.00 bits per heavy atom. The molecule has 0 saturated heterocycles. The van der Waals surface area contributed by atoms with Crippen LogP contribution in [0.3, 0.4) is 0 Å². The first kappa shape index (κ1) is 15.6. The highest BCUT2D eigenvalue weighted by Crippen LogP contribution is 2.23. The van der Waals surface area contributed by atoms with E-state index in [0.29, 0.717) is 22.0 Å². The highest BCUT2D eigenvalue weighted by atomic mass is 35.5. The van der Waals surface area contributed by atoms with Crippen molar-refractivity contribution in [1.82, 2.24) is 0 Å². The van der Waals surface area contributed by atoms with Crippen molar-refractivity contribution < 1.29 is 14.2 Å². The summed E-state index contributed by atoms with van der Waals surface area (Å²) in [6, 6.07) is 11.9. The predicted molar refractivity (Wildman–Crippen MR) is 82.6 cm³/mol. The van der Waals surface area contributed by atoms with Crippen molar-refractivity contribution in [2.45, 2.75) is 13.0 Å². The molecule has 0 radical (unpaired) electrons. The van der Waals surface area contributed by atoms with E-state index < -0.39 is 6.10 Å². The number of hydrogen-bond acceptors (Lipinski definition) is 3. The smallest absolute Gasteiger partial charge is 0.138 e. The topological polar surface area (TPSA) is 41.5 Å². The van der Waals surface area contributed by atoms with E-state index in [2.05, 4.69) is 5.32 Å². The molecule has 0 aliphatic carbocycles. The molecular formula is C16H17ClFNO2. The Kier molecular flexibility index (Phi) is 5.42. The van der Waals surface area contributed by atoms with E-state index >= 15 is 0 Å². The van der Waals surface area contributed by atoms with E-state index in [0.717, 1.165) is 0 Å². The zero-order chi connectivity index (χ0) is 15.2. The summed E-state index contributed by atoms with van der Waals surface area (Å²) in [6.45, 7) is 2.05. The number of para-hydroxylation sites is 1. The van der Waals surface area contributed by atoms with Gasteiger partial charge in [0.1, 0.15) is 24.3 Å². The van der Waals surface area contributed by atoms with E-state index in [1.807, 2.05) is 6.07 Å². The van der Waals surface area contributed by atoms with Crippen molar-refractivity contribution in [2.24, 2.45) is 0 Å². The molecule has 2 aromatic rings. The Balaban J connectivity index is 1.84. The molecule has 0 heterocycles. The minimum absolute atomic E-state index is 0.102. The largest absolute Gasteiger partial charge is 0.489 e. The van der Waals surface area contributed by atoms with E-state index in [9.17, 15) is 9.50 Å². The summed E-state index contributed by atoms with van der Waals surface area (Å²) in [5.41, 5.74) is 1.18. The molecule has 0 spiro atoms. The van der Waals surface area contributed by atoms with Crippen molar-refractivity contribution in [1.29, 1.82) is 0 Å². The van der Waals surface area contributed by atoms with Crippen LogP contribution in [0.5, 0.6) is 5.75 Å². The summed E-state index contributed by atoms with van der Waals surface area (Å²) in [5, 5.41) is 13.4. The minimum atomic E-state index is -0.732. The third kappa shape index (κ3) is 4.34. The third-order valence-electron chi connectivity index (χ3n) is 3.06. The summed E-state index contributed by atoms with van der Waals surface area (Å²) in [7, 11) is 0. The molecule has 0 bridgehead atoms. The number of aliphatic hydroxyl groups is 1. The number of rotatable bonds is 6. The summed E-state index contributed by atoms with van der Waals surface area (Å²) in [5.74, 6) is 0.252. The van der Waals surface area contributed by atoms with E-state index in [-0.39, 0.29) is 19.0 Å². The van der Waals surface area contributed by atoms with Crippen LogP contribution in [0.15, 0.2) is 42.5 Å². The van der Waals surface area contributed by atoms with Crippen LogP contribution < -0.4 is 10.1 Å². The number of halogens is 2. The first-order valence-electron chi connectivity index (χ1n) is 6.62. The van der Waals surface area contributed by atoms with Gasteiger partial charge in [-0.1, -0.05) is 29.8 Å². The standard InChI is InChI=1S/C16H17ClFNO2/c1-11-14(18)6-4-7-15(11)19-9-12(20)10-21-16-8-3-2-5-13(16)17/h2-8,12,19-20H,9-10H2,1H3. The van der Waals surface area contributed by atoms with Crippen molar-refractivity contribution >= 4 is 17.3 Å². The molecule has 2 rings (SSSR count). The fraction of sp³-hybridized carbons (Fsp3) is 0.250. The zero-order valence-electron chi connectivity index (χ0n) is 11.6. The second-order valence-corrected chi connectivity index (χ2v) is 5.10. The van der Waals surface area contributed by atoms with Crippen molar-refractivity contribution in [2.75, 3.05) is 18.5 Å². The van der Waals surface area contributed by atoms with Crippen molar-refractivity contribution in [3.8, 4) is 5.75 Å². The molecule has 1 unspecified atom stereocenters. The van der Waals surface area contributed by atoms with E-state index in [1.54, 1.807) is 37.3 Å². The van der Waals surface area contributed by atoms with Gasteiger partial charge in [-0.3, -0.25) is 0 Å². The van der Waals surface area contributed by atoms with Crippen LogP contribution in [0.4, 0.5) is 10.1 Å². The van der Waals surface area contributed by atoms with Gasteiger partial charge in [-0.25, -0.2) is 4.39 Å². The first-order chi connectivity index (χ1) is 10.1. The minimum Gasteiger partial charge on any atom is -0.489 e. The fourth-order valence-corrected chi connectivity index (χ4v) is 2.02. The van der Waals surface area contributed by atoms with Crippen LogP contribution in [-0.2, 0) is 0 Å². The molecule has 3 nitrogen and oxygen atoms in total. The number of anilines is 1. The molecule has 21 heavy (non-hydrogen) atoms. The Bertz CT molecular complexity index is 607. The fourth-order valence-electron chi connectivity index (χ4n) is 1.83. The maximum atomic E-state index is 13.4. The molecule has 5 heteroatoms. The lowest BCUT2D eigenvalue weighted by Crippen LogP contribution is -2.26. The lowest BCUT2D eigenvalue weighted by Gasteiger charge is -2.16. The second-order valence-electron chi connectivity index (χ2n) is 4.69. The van der Waals surface area contributed by atoms with Gasteiger partial charge in [0.05, 0.1) is 5.02 Å². The van der Waals surface area contributed by atoms with Gasteiger partial charge < -0.3 is 15.2 Å². The van der Waals surface area contributed by atoms with Gasteiger partial charge in [0.15, 0.2) is 0 Å². The SMILES string of the molecule is Cc1c(F)cccc1NCC(O)COc1ccccc1Cl. The number of hydrogen-bond donors (Lipinski definition) is 2. The molecule has 112 valence electrons. The average Bonchev–Trinajstić information content (AvgIpc) is 2.48. The molecule has 2 N–H and O–H groups in total. The van der Waals surface area contributed by atoms with Crippen LogP contribution in [0.25, 0.3) is 0 Å². The van der Waals surface area contributed by atoms with E-state index in [1.165, 1.54) is 6.07 Å². The van der Waals surface area contributed by atoms with Gasteiger partial charge in [-0.05, 0) is 31.2 Å². The Morgan fingerprint density at radius 3 is 2.76 bits per heavy atom. The maximum Gasteiger partial charge on any atom is 0.138 e. The number of ether oxygens (including phenoxy) is 1. The first-order valence-corrected chi connectivity index (χ1v) is 7.00. The Hall–Kier alpha value is -1.78. The maximum absolute atomic E-state index is 13.4. The van der Waals surface area contributed by atoms with E-state index in [4.69, 9.17) is 16.3 Å². The Morgan fingerprint density at radius 1 is 1.24 bits per heavy atom. The van der Waals surface area contributed by atoms with Gasteiger partial charge in [0.25, 0.3) is 0 Å². The van der Waals surface area contributed by atoms with Gasteiger partial charge in [-0.15, -0.1) is 0 Å². The highest BCUT2D eigenvalue weighted by Gasteiger charge is 2.09. The molecule has 0 amide bonds. The van der Waals surface area contributed by atoms with Crippen LogP contribution >= 0.6 is 11.6 Å². The van der Waals surface area contributed by atoms with Gasteiger partial charge >= 0.3 is 0 Å². The summed E-state index contributed by atoms with van der Waals surface area (Å²) >= 11 is 5.95. The summed E-state index contributed by atoms with van der Waals surface area (Å²) < 4.78 is 18.8. The number of aliphatic hydroxyl groups excluding tert-OH is 1. The molecule has 2 aromatic carbocycles. The average molecular weight is 310 g/mol. The highest BCUT2D eigenvalue weighted by molar-refractivity contribution is 6.32. The predicted octanol–water partition coefficient (Wildman–Crippen LogP) is 3.64. The van der Waals surface area contributed by atoms with Crippen molar-refractivity contribution in [3.05, 3.63) is 58.9 Å². The number of benzene rings is 2. The lowest BCUT2D eigenvalue weighted by molar-refractivity contribution is 0.117. The van der Waals surface area contributed by atoms with Gasteiger partial charge in [0.2, 0.25) is 0 Å². The normalized spacial score (nSPS) is 12.0. The second kappa shape index (κ2) is 7.29. The third-order valence-corrected chi connectivity index (χ3v) is 3.38. The molecular weight excluding hydrogens is 293 g/mol. The molecule has 0 saturated carbocycles. The van der Waals surface area contributed by atoms with Crippen LogP contribution in [0, 0.1) is 12.7 Å². The van der Waals surface area contributed by atoms with Crippen LogP contribution in [0.2, 0.25) is 5.02 Å².